The fraction of sp³-hybridized carbons (Fsp3) is 0.185. The Labute approximate surface area is 218 Å². The molecule has 0 radical (unpaired) electrons. The SMILES string of the molecule is CCOCc1[nH]c(=O)c(S(=O)(=O)c2ccc(-c3ccc(F)nc3)cc2)c(O)c1-c1c(OC)cccc1OC. The number of rotatable bonds is 9. The van der Waals surface area contributed by atoms with Gasteiger partial charge in [0.25, 0.3) is 5.56 Å². The van der Waals surface area contributed by atoms with Crippen molar-refractivity contribution in [3.8, 4) is 39.5 Å². The molecule has 38 heavy (non-hydrogen) atoms. The Bertz CT molecular complexity index is 1600. The summed E-state index contributed by atoms with van der Waals surface area (Å²) in [7, 11) is -1.67. The summed E-state index contributed by atoms with van der Waals surface area (Å²) in [6, 6.07) is 13.2. The van der Waals surface area contributed by atoms with Crippen molar-refractivity contribution in [2.45, 2.75) is 23.3 Å². The number of nitrogens with zero attached hydrogens (tertiary/aromatic N) is 1. The van der Waals surface area contributed by atoms with Gasteiger partial charge in [0.05, 0.1) is 42.5 Å². The lowest BCUT2D eigenvalue weighted by Gasteiger charge is -2.19. The minimum atomic E-state index is -4.50. The summed E-state index contributed by atoms with van der Waals surface area (Å²) in [4.78, 5) is 18.2. The zero-order valence-corrected chi connectivity index (χ0v) is 21.6. The second-order valence-corrected chi connectivity index (χ2v) is 9.94. The van der Waals surface area contributed by atoms with E-state index in [4.69, 9.17) is 14.2 Å². The molecule has 0 fully saturated rings. The van der Waals surface area contributed by atoms with Gasteiger partial charge in [-0.25, -0.2) is 13.4 Å². The van der Waals surface area contributed by atoms with Gasteiger partial charge in [-0.1, -0.05) is 18.2 Å². The van der Waals surface area contributed by atoms with Crippen molar-refractivity contribution in [3.05, 3.63) is 82.8 Å². The van der Waals surface area contributed by atoms with Crippen LogP contribution in [0.4, 0.5) is 4.39 Å². The van der Waals surface area contributed by atoms with Crippen molar-refractivity contribution in [2.75, 3.05) is 20.8 Å². The first-order valence-corrected chi connectivity index (χ1v) is 13.0. The van der Waals surface area contributed by atoms with E-state index in [1.165, 1.54) is 56.8 Å². The third kappa shape index (κ3) is 4.98. The highest BCUT2D eigenvalue weighted by molar-refractivity contribution is 7.91. The van der Waals surface area contributed by atoms with E-state index in [1.54, 1.807) is 25.1 Å². The van der Waals surface area contributed by atoms with E-state index in [9.17, 15) is 22.7 Å². The summed E-state index contributed by atoms with van der Waals surface area (Å²) < 4.78 is 56.8. The third-order valence-electron chi connectivity index (χ3n) is 5.85. The van der Waals surface area contributed by atoms with Gasteiger partial charge in [0, 0.05) is 18.4 Å². The highest BCUT2D eigenvalue weighted by Crippen LogP contribution is 2.46. The molecule has 11 heteroatoms. The first-order valence-electron chi connectivity index (χ1n) is 11.5. The number of pyridine rings is 2. The molecule has 9 nitrogen and oxygen atoms in total. The van der Waals surface area contributed by atoms with Gasteiger partial charge in [-0.3, -0.25) is 4.79 Å². The van der Waals surface area contributed by atoms with Crippen molar-refractivity contribution in [3.63, 3.8) is 0 Å². The number of hydrogen-bond donors (Lipinski definition) is 2. The van der Waals surface area contributed by atoms with Crippen LogP contribution in [0.25, 0.3) is 22.3 Å². The zero-order valence-electron chi connectivity index (χ0n) is 20.8. The summed E-state index contributed by atoms with van der Waals surface area (Å²) in [5, 5.41) is 11.4. The van der Waals surface area contributed by atoms with Gasteiger partial charge in [0.1, 0.15) is 17.2 Å². The summed E-state index contributed by atoms with van der Waals surface area (Å²) in [6.07, 6.45) is 1.32. The maximum atomic E-state index is 13.7. The third-order valence-corrected chi connectivity index (χ3v) is 7.66. The van der Waals surface area contributed by atoms with E-state index in [-0.39, 0.29) is 39.8 Å². The number of aromatic nitrogens is 2. The zero-order chi connectivity index (χ0) is 27.4. The molecule has 0 aliphatic heterocycles. The van der Waals surface area contributed by atoms with Crippen molar-refractivity contribution in [1.82, 2.24) is 9.97 Å². The topological polar surface area (TPSA) is 128 Å². The highest BCUT2D eigenvalue weighted by atomic mass is 32.2. The number of aromatic amines is 1. The Morgan fingerprint density at radius 2 is 1.58 bits per heavy atom. The Balaban J connectivity index is 1.92. The van der Waals surface area contributed by atoms with Crippen LogP contribution in [0.2, 0.25) is 0 Å². The van der Waals surface area contributed by atoms with Gasteiger partial charge in [-0.2, -0.15) is 4.39 Å². The minimum absolute atomic E-state index is 0.0000632. The average Bonchev–Trinajstić information content (AvgIpc) is 2.91. The maximum absolute atomic E-state index is 13.7. The molecule has 0 saturated heterocycles. The quantitative estimate of drug-likeness (QED) is 0.300. The number of H-pyrrole nitrogens is 1. The predicted molar refractivity (Wildman–Crippen MR) is 138 cm³/mol. The van der Waals surface area contributed by atoms with E-state index in [0.717, 1.165) is 0 Å². The highest BCUT2D eigenvalue weighted by Gasteiger charge is 2.32. The lowest BCUT2D eigenvalue weighted by Crippen LogP contribution is -2.21. The Morgan fingerprint density at radius 1 is 0.947 bits per heavy atom. The fourth-order valence-electron chi connectivity index (χ4n) is 4.04. The van der Waals surface area contributed by atoms with Crippen LogP contribution in [-0.4, -0.2) is 44.3 Å². The second kappa shape index (κ2) is 11.0. The lowest BCUT2D eigenvalue weighted by molar-refractivity contribution is 0.131. The van der Waals surface area contributed by atoms with E-state index >= 15 is 0 Å². The molecule has 0 aliphatic rings. The summed E-state index contributed by atoms with van der Waals surface area (Å²) in [5.74, 6) is -0.842. The molecule has 198 valence electrons. The number of nitrogens with one attached hydrogen (secondary N) is 1. The van der Waals surface area contributed by atoms with Crippen LogP contribution in [0.1, 0.15) is 12.6 Å². The molecule has 0 atom stereocenters. The van der Waals surface area contributed by atoms with Crippen LogP contribution in [0, 0.1) is 5.95 Å². The smallest absolute Gasteiger partial charge is 0.271 e. The van der Waals surface area contributed by atoms with E-state index in [0.29, 0.717) is 17.7 Å². The van der Waals surface area contributed by atoms with E-state index in [2.05, 4.69) is 9.97 Å². The standard InChI is InChI=1S/C27H25FN2O7S/c1-4-37-15-19-23(24-20(35-2)6-5-7-21(24)36-3)25(31)26(27(32)30-19)38(33,34)18-11-8-16(9-12-18)17-10-13-22(28)29-14-17/h5-14H,4,15H2,1-3H3,(H2,30,31,32). The lowest BCUT2D eigenvalue weighted by atomic mass is 10.0. The van der Waals surface area contributed by atoms with Crippen LogP contribution >= 0.6 is 0 Å². The molecule has 0 spiro atoms. The van der Waals surface area contributed by atoms with E-state index < -0.39 is 32.0 Å². The molecule has 0 aliphatic carbocycles. The Kier molecular flexibility index (Phi) is 7.79. The number of ether oxygens (including phenoxy) is 3. The molecule has 4 aromatic rings. The van der Waals surface area contributed by atoms with Gasteiger partial charge in [-0.15, -0.1) is 0 Å². The van der Waals surface area contributed by atoms with Crippen molar-refractivity contribution < 1.29 is 32.1 Å². The number of sulfone groups is 1. The number of halogens is 1. The van der Waals surface area contributed by atoms with Crippen molar-refractivity contribution >= 4 is 9.84 Å². The fourth-order valence-corrected chi connectivity index (χ4v) is 5.42. The van der Waals surface area contributed by atoms with E-state index in [1.807, 2.05) is 0 Å². The first-order chi connectivity index (χ1) is 18.2. The van der Waals surface area contributed by atoms with Crippen LogP contribution in [0.3, 0.4) is 0 Å². The van der Waals surface area contributed by atoms with Crippen molar-refractivity contribution in [2.24, 2.45) is 0 Å². The molecule has 2 N–H and O–H groups in total. The normalized spacial score (nSPS) is 11.4. The largest absolute Gasteiger partial charge is 0.506 e. The maximum Gasteiger partial charge on any atom is 0.271 e. The predicted octanol–water partition coefficient (Wildman–Crippen LogP) is 4.34. The van der Waals surface area contributed by atoms with Gasteiger partial charge < -0.3 is 24.3 Å². The van der Waals surface area contributed by atoms with Crippen molar-refractivity contribution in [1.29, 1.82) is 0 Å². The van der Waals surface area contributed by atoms with Crippen LogP contribution in [-0.2, 0) is 21.2 Å². The first kappa shape index (κ1) is 26.8. The Hall–Kier alpha value is -4.22. The van der Waals surface area contributed by atoms with Crippen LogP contribution in [0.15, 0.2) is 75.4 Å². The molecule has 4 rings (SSSR count). The van der Waals surface area contributed by atoms with Gasteiger partial charge in [-0.05, 0) is 48.9 Å². The summed E-state index contributed by atoms with van der Waals surface area (Å²) in [5.41, 5.74) is 0.538. The number of benzene rings is 2. The summed E-state index contributed by atoms with van der Waals surface area (Å²) >= 11 is 0. The molecular weight excluding hydrogens is 515 g/mol. The molecule has 0 saturated carbocycles. The van der Waals surface area contributed by atoms with Crippen LogP contribution < -0.4 is 15.0 Å². The molecule has 2 aromatic carbocycles. The molecule has 0 bridgehead atoms. The second-order valence-electron chi connectivity index (χ2n) is 8.06. The van der Waals surface area contributed by atoms with Gasteiger partial charge in [0.2, 0.25) is 15.8 Å². The molecule has 2 aromatic heterocycles. The number of aromatic hydroxyl groups is 1. The average molecular weight is 541 g/mol. The minimum Gasteiger partial charge on any atom is -0.506 e. The molecule has 0 unspecified atom stereocenters. The summed E-state index contributed by atoms with van der Waals surface area (Å²) in [6.45, 7) is 1.95. The molecule has 0 amide bonds. The number of methoxy groups -OCH3 is 2. The Morgan fingerprint density at radius 3 is 2.13 bits per heavy atom. The monoisotopic (exact) mass is 540 g/mol. The number of hydrogen-bond acceptors (Lipinski definition) is 8. The molecule has 2 heterocycles. The van der Waals surface area contributed by atoms with Crippen LogP contribution in [0.5, 0.6) is 17.2 Å². The van der Waals surface area contributed by atoms with Gasteiger partial charge in [0.15, 0.2) is 4.90 Å². The van der Waals surface area contributed by atoms with Gasteiger partial charge >= 0.3 is 0 Å². The molecular formula is C27H25FN2O7S.